The highest BCUT2D eigenvalue weighted by Crippen LogP contribution is 2.66. The number of rotatable bonds is 2. The van der Waals surface area contributed by atoms with E-state index < -0.39 is 28.5 Å². The van der Waals surface area contributed by atoms with Crippen LogP contribution in [0.1, 0.15) is 52.5 Å². The van der Waals surface area contributed by atoms with Gasteiger partial charge in [-0.25, -0.2) is 0 Å². The molecule has 1 aromatic carbocycles. The molecule has 3 heterocycles. The molecule has 8 atom stereocenters. The molecule has 2 N–H and O–H groups in total. The predicted octanol–water partition coefficient (Wildman–Crippen LogP) is 4.26. The van der Waals surface area contributed by atoms with E-state index in [1.54, 1.807) is 6.92 Å². The Bertz CT molecular complexity index is 1450. The fraction of sp³-hybridized carbons (Fsp3) is 0.500. The molecule has 1 saturated carbocycles. The molecule has 204 valence electrons. The molecular weight excluding hydrogens is 492 g/mol. The molecule has 2 saturated heterocycles. The zero-order chi connectivity index (χ0) is 27.7. The predicted molar refractivity (Wildman–Crippen MR) is 147 cm³/mol. The number of nitrogens with one attached hydrogen (secondary N) is 2. The average Bonchev–Trinajstić information content (AvgIpc) is 3.31. The number of ketones is 3. The Morgan fingerprint density at radius 3 is 2.64 bits per heavy atom. The van der Waals surface area contributed by atoms with Gasteiger partial charge in [0.2, 0.25) is 17.5 Å². The summed E-state index contributed by atoms with van der Waals surface area (Å²) < 4.78 is 6.34. The fourth-order valence-electron chi connectivity index (χ4n) is 7.84. The molecule has 2 aliphatic heterocycles. The molecule has 4 aliphatic rings. The number of Topliss-reactive ketones (excluding diaryl/α,β-unsaturated/α-hetero) is 3. The van der Waals surface area contributed by atoms with Crippen LogP contribution in [0, 0.1) is 29.1 Å². The van der Waals surface area contributed by atoms with Gasteiger partial charge >= 0.3 is 0 Å². The van der Waals surface area contributed by atoms with Gasteiger partial charge in [0.25, 0.3) is 0 Å². The number of aromatic amines is 1. The summed E-state index contributed by atoms with van der Waals surface area (Å²) in [5, 5.41) is 4.34. The van der Waals surface area contributed by atoms with E-state index in [0.717, 1.165) is 16.5 Å². The van der Waals surface area contributed by atoms with E-state index in [9.17, 15) is 19.2 Å². The molecule has 3 fully saturated rings. The maximum absolute atomic E-state index is 14.3. The van der Waals surface area contributed by atoms with Crippen LogP contribution in [-0.4, -0.2) is 46.0 Å². The monoisotopic (exact) mass is 528 g/mol. The maximum Gasteiger partial charge on any atom is 0.235 e. The van der Waals surface area contributed by atoms with E-state index in [0.29, 0.717) is 18.4 Å². The third-order valence-electron chi connectivity index (χ3n) is 9.99. The van der Waals surface area contributed by atoms with Crippen molar-refractivity contribution < 1.29 is 23.9 Å². The molecule has 0 bridgehead atoms. The van der Waals surface area contributed by atoms with Crippen molar-refractivity contribution in [2.75, 3.05) is 0 Å². The van der Waals surface area contributed by atoms with Gasteiger partial charge in [-0.05, 0) is 55.7 Å². The van der Waals surface area contributed by atoms with E-state index in [-0.39, 0.29) is 54.4 Å². The van der Waals surface area contributed by atoms with Crippen LogP contribution in [0.2, 0.25) is 0 Å². The summed E-state index contributed by atoms with van der Waals surface area (Å²) in [6.45, 7) is 7.83. The molecule has 1 amide bonds. The topological polar surface area (TPSA) is 109 Å². The molecule has 0 radical (unpaired) electrons. The Morgan fingerprint density at radius 1 is 1.08 bits per heavy atom. The zero-order valence-electron chi connectivity index (χ0n) is 23.0. The molecular formula is C32H36N2O5. The molecule has 6 rings (SSSR count). The van der Waals surface area contributed by atoms with E-state index in [4.69, 9.17) is 4.74 Å². The van der Waals surface area contributed by atoms with Crippen LogP contribution in [0.25, 0.3) is 10.9 Å². The Kier molecular flexibility index (Phi) is 6.06. The lowest BCUT2D eigenvalue weighted by molar-refractivity contribution is -0.149. The second-order valence-electron chi connectivity index (χ2n) is 12.2. The summed E-state index contributed by atoms with van der Waals surface area (Å²) in [5.74, 6) is -2.47. The number of fused-ring (bicyclic) bond motifs is 3. The SMILES string of the molecule is C/C1=C\[C@@H](C)C/C=C/[C@H]2[C@@H]3O[C@]3(C)[C@@H](C)[C@H]3[C@H](Cc4c[nH]c5ccccc45)NC(=O)[C@@]32C(=O)CCC(=O)C1=O. The number of ether oxygens (including phenoxy) is 1. The summed E-state index contributed by atoms with van der Waals surface area (Å²) in [5.41, 5.74) is 0.739. The van der Waals surface area contributed by atoms with Crippen molar-refractivity contribution in [3.63, 3.8) is 0 Å². The first-order valence-corrected chi connectivity index (χ1v) is 14.1. The number of allylic oxidation sites excluding steroid dienone is 3. The minimum atomic E-state index is -1.35. The van der Waals surface area contributed by atoms with Crippen molar-refractivity contribution >= 4 is 34.2 Å². The Labute approximate surface area is 228 Å². The fourth-order valence-corrected chi connectivity index (χ4v) is 7.84. The van der Waals surface area contributed by atoms with Crippen LogP contribution < -0.4 is 5.32 Å². The van der Waals surface area contributed by atoms with E-state index in [1.165, 1.54) is 0 Å². The van der Waals surface area contributed by atoms with Crippen LogP contribution in [0.3, 0.4) is 0 Å². The first-order valence-electron chi connectivity index (χ1n) is 14.1. The lowest BCUT2D eigenvalue weighted by Crippen LogP contribution is -2.58. The second kappa shape index (κ2) is 9.12. The largest absolute Gasteiger partial charge is 0.365 e. The highest BCUT2D eigenvalue weighted by Gasteiger charge is 2.78. The van der Waals surface area contributed by atoms with Gasteiger partial charge in [-0.3, -0.25) is 19.2 Å². The number of carbonyl (C=O) groups is 4. The van der Waals surface area contributed by atoms with Crippen molar-refractivity contribution in [3.05, 3.63) is 59.8 Å². The normalized spacial score (nSPS) is 40.8. The van der Waals surface area contributed by atoms with Gasteiger partial charge < -0.3 is 15.0 Å². The van der Waals surface area contributed by atoms with E-state index in [1.807, 2.05) is 49.5 Å². The maximum atomic E-state index is 14.3. The van der Waals surface area contributed by atoms with Gasteiger partial charge in [-0.15, -0.1) is 0 Å². The number of amides is 1. The summed E-state index contributed by atoms with van der Waals surface area (Å²) >= 11 is 0. The van der Waals surface area contributed by atoms with Gasteiger partial charge in [0.05, 0.1) is 11.7 Å². The first-order chi connectivity index (χ1) is 18.6. The Balaban J connectivity index is 1.44. The van der Waals surface area contributed by atoms with Crippen molar-refractivity contribution in [1.82, 2.24) is 10.3 Å². The summed E-state index contributed by atoms with van der Waals surface area (Å²) in [6.07, 6.45) is 8.46. The van der Waals surface area contributed by atoms with Crippen LogP contribution >= 0.6 is 0 Å². The van der Waals surface area contributed by atoms with Gasteiger partial charge in [0.1, 0.15) is 11.2 Å². The molecule has 0 unspecified atom stereocenters. The average molecular weight is 529 g/mol. The number of carbonyl (C=O) groups excluding carboxylic acids is 4. The standard InChI is InChI=1S/C32H36N2O5/c1-17-8-7-10-22-29-31(4,39-29)19(3)27-24(15-20-16-33-23-11-6-5-9-21(20)23)34-30(38)32(22,27)26(36)13-12-25(35)28(37)18(2)14-17/h5-7,9-11,14,16-17,19,22,24,27,29,33H,8,12-13,15H2,1-4H3,(H,34,38)/b10-7+,18-14+/t17-,19-,22-,24-,27-,29-,31+,32-/m0/s1. The van der Waals surface area contributed by atoms with Crippen molar-refractivity contribution in [1.29, 1.82) is 0 Å². The van der Waals surface area contributed by atoms with Crippen LogP contribution in [0.5, 0.6) is 0 Å². The molecule has 7 heteroatoms. The van der Waals surface area contributed by atoms with Crippen molar-refractivity contribution in [3.8, 4) is 0 Å². The van der Waals surface area contributed by atoms with Gasteiger partial charge in [-0.2, -0.15) is 0 Å². The Morgan fingerprint density at radius 2 is 1.85 bits per heavy atom. The first kappa shape index (κ1) is 25.9. The highest BCUT2D eigenvalue weighted by atomic mass is 16.6. The number of hydrogen-bond donors (Lipinski definition) is 2. The highest BCUT2D eigenvalue weighted by molar-refractivity contribution is 6.43. The minimum Gasteiger partial charge on any atom is -0.365 e. The van der Waals surface area contributed by atoms with Crippen LogP contribution in [0.4, 0.5) is 0 Å². The third-order valence-corrected chi connectivity index (χ3v) is 9.99. The molecule has 1 spiro atoms. The quantitative estimate of drug-likeness (QED) is 0.262. The number of aromatic nitrogens is 1. The number of para-hydroxylation sites is 1. The molecule has 2 aliphatic carbocycles. The summed E-state index contributed by atoms with van der Waals surface area (Å²) in [6, 6.07) is 7.79. The van der Waals surface area contributed by atoms with Gasteiger partial charge in [0, 0.05) is 47.8 Å². The van der Waals surface area contributed by atoms with E-state index >= 15 is 0 Å². The number of H-pyrrole nitrogens is 1. The van der Waals surface area contributed by atoms with Crippen molar-refractivity contribution in [2.24, 2.45) is 29.1 Å². The molecule has 1 aromatic heterocycles. The second-order valence-corrected chi connectivity index (χ2v) is 12.2. The van der Waals surface area contributed by atoms with Crippen LogP contribution in [-0.2, 0) is 30.3 Å². The Hall–Kier alpha value is -3.32. The van der Waals surface area contributed by atoms with Gasteiger partial charge in [-0.1, -0.05) is 50.3 Å². The molecule has 39 heavy (non-hydrogen) atoms. The van der Waals surface area contributed by atoms with E-state index in [2.05, 4.69) is 30.2 Å². The minimum absolute atomic E-state index is 0.0299. The number of epoxide rings is 1. The lowest BCUT2D eigenvalue weighted by atomic mass is 9.51. The third kappa shape index (κ3) is 3.80. The number of hydrogen-bond acceptors (Lipinski definition) is 5. The van der Waals surface area contributed by atoms with Gasteiger partial charge in [0.15, 0.2) is 0 Å². The van der Waals surface area contributed by atoms with Crippen LogP contribution in [0.15, 0.2) is 54.3 Å². The smallest absolute Gasteiger partial charge is 0.235 e. The number of benzene rings is 1. The summed E-state index contributed by atoms with van der Waals surface area (Å²) in [4.78, 5) is 57.3. The van der Waals surface area contributed by atoms with Crippen molar-refractivity contribution in [2.45, 2.75) is 71.1 Å². The zero-order valence-corrected chi connectivity index (χ0v) is 23.0. The molecule has 7 nitrogen and oxygen atoms in total. The summed E-state index contributed by atoms with van der Waals surface area (Å²) in [7, 11) is 0. The lowest BCUT2D eigenvalue weighted by Gasteiger charge is -2.46. The molecule has 2 aromatic rings.